The van der Waals surface area contributed by atoms with E-state index in [9.17, 15) is 19.1 Å². The molecule has 0 spiro atoms. The molecule has 10 heteroatoms. The topological polar surface area (TPSA) is 92.6 Å². The summed E-state index contributed by atoms with van der Waals surface area (Å²) in [7, 11) is 0. The maximum atomic E-state index is 13.7. The van der Waals surface area contributed by atoms with Crippen molar-refractivity contribution in [3.8, 4) is 5.75 Å². The predicted molar refractivity (Wildman–Crippen MR) is 176 cm³/mol. The Morgan fingerprint density at radius 2 is 1.76 bits per heavy atom. The van der Waals surface area contributed by atoms with Crippen LogP contribution in [0.2, 0.25) is 0 Å². The number of anilines is 1. The van der Waals surface area contributed by atoms with E-state index in [2.05, 4.69) is 48.3 Å². The summed E-state index contributed by atoms with van der Waals surface area (Å²) in [6.07, 6.45) is 0.858. The number of fused-ring (bicyclic) bond motifs is 1. The molecule has 0 radical (unpaired) electrons. The van der Waals surface area contributed by atoms with Gasteiger partial charge in [-0.15, -0.1) is 10.2 Å². The number of hydrogen-bond acceptors (Lipinski definition) is 8. The average Bonchev–Trinajstić information content (AvgIpc) is 3.61. The van der Waals surface area contributed by atoms with Crippen LogP contribution < -0.4 is 9.64 Å². The minimum Gasteiger partial charge on any atom is -0.507 e. The number of nitrogens with zero attached hydrogens (tertiary/aromatic N) is 3. The molecule has 0 bridgehead atoms. The highest BCUT2D eigenvalue weighted by molar-refractivity contribution is 8.00. The minimum absolute atomic E-state index is 0.119. The fourth-order valence-corrected chi connectivity index (χ4v) is 7.08. The Hall–Kier alpha value is -4.54. The first kappa shape index (κ1) is 30.5. The SMILES string of the molecule is CC(C)CCOc1cccc(C2/C(=C(\O)c3ccc(F)cc3)C(=O)C(=O)N2c2nnc(SCc3cccc4ccccc34)s2)c1. The molecule has 0 saturated carbocycles. The van der Waals surface area contributed by atoms with Crippen LogP contribution in [0.3, 0.4) is 0 Å². The van der Waals surface area contributed by atoms with Gasteiger partial charge in [0.1, 0.15) is 17.3 Å². The van der Waals surface area contributed by atoms with Gasteiger partial charge < -0.3 is 9.84 Å². The number of aliphatic hydroxyl groups excluding tert-OH is 1. The van der Waals surface area contributed by atoms with Crippen LogP contribution in [0, 0.1) is 11.7 Å². The molecule has 6 rings (SSSR count). The molecular formula is C35H30FN3O4S2. The Labute approximate surface area is 268 Å². The van der Waals surface area contributed by atoms with E-state index in [1.54, 1.807) is 18.2 Å². The number of carbonyl (C=O) groups is 2. The first-order valence-electron chi connectivity index (χ1n) is 14.5. The first-order valence-corrected chi connectivity index (χ1v) is 16.3. The van der Waals surface area contributed by atoms with Gasteiger partial charge in [0.15, 0.2) is 4.34 Å². The molecule has 4 aromatic carbocycles. The van der Waals surface area contributed by atoms with Crippen molar-refractivity contribution < 1.29 is 23.8 Å². The van der Waals surface area contributed by atoms with E-state index in [1.165, 1.54) is 52.3 Å². The lowest BCUT2D eigenvalue weighted by atomic mass is 9.95. The van der Waals surface area contributed by atoms with Gasteiger partial charge >= 0.3 is 5.91 Å². The summed E-state index contributed by atoms with van der Waals surface area (Å²) in [5.74, 6) is -0.924. The zero-order valence-electron chi connectivity index (χ0n) is 24.6. The van der Waals surface area contributed by atoms with E-state index >= 15 is 0 Å². The van der Waals surface area contributed by atoms with Crippen molar-refractivity contribution in [1.29, 1.82) is 0 Å². The fraction of sp³-hybridized carbons (Fsp3) is 0.200. The van der Waals surface area contributed by atoms with E-state index in [-0.39, 0.29) is 16.3 Å². The summed E-state index contributed by atoms with van der Waals surface area (Å²) in [6.45, 7) is 4.73. The van der Waals surface area contributed by atoms with Gasteiger partial charge in [0.05, 0.1) is 18.2 Å². The maximum Gasteiger partial charge on any atom is 0.301 e. The van der Waals surface area contributed by atoms with Crippen molar-refractivity contribution in [3.05, 3.63) is 119 Å². The van der Waals surface area contributed by atoms with Crippen molar-refractivity contribution >= 4 is 56.5 Å². The molecule has 1 atom stereocenters. The molecular weight excluding hydrogens is 610 g/mol. The second kappa shape index (κ2) is 13.2. The molecule has 1 aliphatic heterocycles. The number of hydrogen-bond donors (Lipinski definition) is 1. The van der Waals surface area contributed by atoms with Crippen LogP contribution in [-0.4, -0.2) is 33.6 Å². The van der Waals surface area contributed by atoms with Crippen molar-refractivity contribution in [2.24, 2.45) is 5.92 Å². The van der Waals surface area contributed by atoms with Crippen molar-refractivity contribution in [2.75, 3.05) is 11.5 Å². The molecule has 1 saturated heterocycles. The molecule has 1 fully saturated rings. The van der Waals surface area contributed by atoms with Crippen LogP contribution in [0.1, 0.15) is 43.0 Å². The van der Waals surface area contributed by atoms with Gasteiger partial charge in [-0.3, -0.25) is 14.5 Å². The Morgan fingerprint density at radius 1 is 1.00 bits per heavy atom. The highest BCUT2D eigenvalue weighted by Gasteiger charge is 2.48. The first-order chi connectivity index (χ1) is 21.8. The monoisotopic (exact) mass is 639 g/mol. The third-order valence-corrected chi connectivity index (χ3v) is 9.64. The van der Waals surface area contributed by atoms with Crippen LogP contribution in [0.5, 0.6) is 5.75 Å². The van der Waals surface area contributed by atoms with E-state index in [0.717, 1.165) is 22.8 Å². The number of thioether (sulfide) groups is 1. The largest absolute Gasteiger partial charge is 0.507 e. The van der Waals surface area contributed by atoms with Gasteiger partial charge in [-0.25, -0.2) is 4.39 Å². The van der Waals surface area contributed by atoms with Crippen molar-refractivity contribution in [3.63, 3.8) is 0 Å². The summed E-state index contributed by atoms with van der Waals surface area (Å²) in [5, 5.41) is 22.5. The quantitative estimate of drug-likeness (QED) is 0.0542. The van der Waals surface area contributed by atoms with Gasteiger partial charge in [0, 0.05) is 11.3 Å². The molecule has 45 heavy (non-hydrogen) atoms. The number of rotatable bonds is 10. The predicted octanol–water partition coefficient (Wildman–Crippen LogP) is 8.17. The van der Waals surface area contributed by atoms with Crippen LogP contribution in [0.15, 0.2) is 101 Å². The lowest BCUT2D eigenvalue weighted by Crippen LogP contribution is -2.29. The van der Waals surface area contributed by atoms with Crippen LogP contribution >= 0.6 is 23.1 Å². The van der Waals surface area contributed by atoms with Crippen molar-refractivity contribution in [1.82, 2.24) is 10.2 Å². The van der Waals surface area contributed by atoms with Crippen LogP contribution in [0.25, 0.3) is 16.5 Å². The lowest BCUT2D eigenvalue weighted by Gasteiger charge is -2.23. The standard InChI is InChI=1S/C35H30FN3O4S2/c1-21(2)17-18-43-27-11-6-9-24(19-27)30-29(31(40)23-13-15-26(36)16-14-23)32(41)33(42)39(30)34-37-38-35(45-34)44-20-25-10-5-8-22-7-3-4-12-28(22)25/h3-16,19,21,30,40H,17-18,20H2,1-2H3/b31-29+. The number of carbonyl (C=O) groups excluding carboxylic acids is 2. The highest BCUT2D eigenvalue weighted by atomic mass is 32.2. The molecule has 5 aromatic rings. The van der Waals surface area contributed by atoms with Gasteiger partial charge in [-0.1, -0.05) is 91.5 Å². The van der Waals surface area contributed by atoms with E-state index in [4.69, 9.17) is 4.74 Å². The Kier molecular flexibility index (Phi) is 8.95. The van der Waals surface area contributed by atoms with Crippen LogP contribution in [0.4, 0.5) is 9.52 Å². The molecule has 1 aromatic heterocycles. The number of aliphatic hydroxyl groups is 1. The smallest absolute Gasteiger partial charge is 0.301 e. The number of aromatic nitrogens is 2. The summed E-state index contributed by atoms with van der Waals surface area (Å²) >= 11 is 2.69. The summed E-state index contributed by atoms with van der Waals surface area (Å²) < 4.78 is 20.3. The summed E-state index contributed by atoms with van der Waals surface area (Å²) in [4.78, 5) is 28.5. The molecule has 228 valence electrons. The van der Waals surface area contributed by atoms with E-state index in [0.29, 0.717) is 33.9 Å². The summed E-state index contributed by atoms with van der Waals surface area (Å²) in [5.41, 5.74) is 1.79. The van der Waals surface area contributed by atoms with Gasteiger partial charge in [-0.2, -0.15) is 0 Å². The van der Waals surface area contributed by atoms with Gasteiger partial charge in [0.25, 0.3) is 5.78 Å². The molecule has 1 N–H and O–H groups in total. The number of ether oxygens (including phenoxy) is 1. The van der Waals surface area contributed by atoms with Crippen LogP contribution in [-0.2, 0) is 15.3 Å². The van der Waals surface area contributed by atoms with E-state index < -0.39 is 29.3 Å². The number of ketones is 1. The molecule has 1 aliphatic rings. The second-order valence-corrected chi connectivity index (χ2v) is 13.2. The normalized spacial score (nSPS) is 16.2. The Bertz CT molecular complexity index is 1900. The zero-order chi connectivity index (χ0) is 31.5. The number of benzene rings is 4. The number of halogens is 1. The van der Waals surface area contributed by atoms with E-state index in [1.807, 2.05) is 24.3 Å². The van der Waals surface area contributed by atoms with Crippen molar-refractivity contribution in [2.45, 2.75) is 36.4 Å². The zero-order valence-corrected chi connectivity index (χ0v) is 26.3. The molecule has 1 amide bonds. The summed E-state index contributed by atoms with van der Waals surface area (Å²) in [6, 6.07) is 25.6. The number of Topliss-reactive ketones (excluding diaryl/α,β-unsaturated/α-hetero) is 1. The minimum atomic E-state index is -1.01. The number of amides is 1. The fourth-order valence-electron chi connectivity index (χ4n) is 5.21. The molecule has 2 heterocycles. The molecule has 0 aliphatic carbocycles. The van der Waals surface area contributed by atoms with Gasteiger partial charge in [-0.05, 0) is 70.6 Å². The average molecular weight is 640 g/mol. The Morgan fingerprint density at radius 3 is 2.56 bits per heavy atom. The highest BCUT2D eigenvalue weighted by Crippen LogP contribution is 2.44. The van der Waals surface area contributed by atoms with Gasteiger partial charge in [0.2, 0.25) is 5.13 Å². The second-order valence-electron chi connectivity index (χ2n) is 11.1. The Balaban J connectivity index is 1.36. The third kappa shape index (κ3) is 6.48. The lowest BCUT2D eigenvalue weighted by molar-refractivity contribution is -0.132. The molecule has 1 unspecified atom stereocenters. The molecule has 7 nitrogen and oxygen atoms in total. The third-order valence-electron chi connectivity index (χ3n) is 7.53. The maximum absolute atomic E-state index is 13.7.